The van der Waals surface area contributed by atoms with Gasteiger partial charge in [-0.15, -0.1) is 11.8 Å². The summed E-state index contributed by atoms with van der Waals surface area (Å²) in [4.78, 5) is 11.2. The summed E-state index contributed by atoms with van der Waals surface area (Å²) in [7, 11) is 0. The van der Waals surface area contributed by atoms with Gasteiger partial charge >= 0.3 is 5.97 Å². The Morgan fingerprint density at radius 3 is 2.62 bits per heavy atom. The van der Waals surface area contributed by atoms with Crippen LogP contribution >= 0.6 is 11.8 Å². The molecular formula is C9H16O3S. The van der Waals surface area contributed by atoms with E-state index in [1.165, 1.54) is 11.8 Å². The van der Waals surface area contributed by atoms with Crippen molar-refractivity contribution in [3.05, 3.63) is 0 Å². The Morgan fingerprint density at radius 1 is 1.62 bits per heavy atom. The number of carbonyl (C=O) groups is 1. The third-order valence-corrected chi connectivity index (χ3v) is 3.72. The molecule has 0 unspecified atom stereocenters. The maximum atomic E-state index is 11.2. The van der Waals surface area contributed by atoms with Crippen molar-refractivity contribution >= 4 is 17.7 Å². The molecule has 13 heavy (non-hydrogen) atoms. The number of hydrogen-bond donors (Lipinski definition) is 1. The molecule has 3 nitrogen and oxygen atoms in total. The maximum absolute atomic E-state index is 11.2. The van der Waals surface area contributed by atoms with Crippen LogP contribution in [0.3, 0.4) is 0 Å². The van der Waals surface area contributed by atoms with E-state index in [9.17, 15) is 9.90 Å². The zero-order chi connectivity index (χ0) is 10.0. The quantitative estimate of drug-likeness (QED) is 0.702. The van der Waals surface area contributed by atoms with Crippen LogP contribution in [0.1, 0.15) is 27.2 Å². The Morgan fingerprint density at radius 2 is 2.23 bits per heavy atom. The minimum Gasteiger partial charge on any atom is -0.462 e. The van der Waals surface area contributed by atoms with Gasteiger partial charge in [-0.25, -0.2) is 0 Å². The van der Waals surface area contributed by atoms with Gasteiger partial charge in [-0.05, 0) is 13.8 Å². The van der Waals surface area contributed by atoms with E-state index in [1.54, 1.807) is 6.92 Å². The van der Waals surface area contributed by atoms with Crippen LogP contribution in [0.4, 0.5) is 0 Å². The van der Waals surface area contributed by atoms with Gasteiger partial charge in [0.25, 0.3) is 0 Å². The minimum absolute atomic E-state index is 0.0335. The van der Waals surface area contributed by atoms with E-state index in [0.717, 1.165) is 6.42 Å². The molecule has 0 aromatic heterocycles. The summed E-state index contributed by atoms with van der Waals surface area (Å²) in [5.74, 6) is -0.134. The largest absolute Gasteiger partial charge is 0.462 e. The first-order chi connectivity index (χ1) is 6.00. The zero-order valence-electron chi connectivity index (χ0n) is 8.19. The van der Waals surface area contributed by atoms with Crippen molar-refractivity contribution in [3.8, 4) is 0 Å². The second kappa shape index (κ2) is 4.33. The van der Waals surface area contributed by atoms with Crippen molar-refractivity contribution in [1.29, 1.82) is 0 Å². The molecule has 1 heterocycles. The van der Waals surface area contributed by atoms with Crippen LogP contribution in [0.5, 0.6) is 0 Å². The fourth-order valence-corrected chi connectivity index (χ4v) is 2.50. The van der Waals surface area contributed by atoms with Gasteiger partial charge in [0.15, 0.2) is 0 Å². The topological polar surface area (TPSA) is 46.5 Å². The second-order valence-electron chi connectivity index (χ2n) is 3.55. The number of rotatable bonds is 3. The lowest BCUT2D eigenvalue weighted by Gasteiger charge is -2.16. The fourth-order valence-electron chi connectivity index (χ4n) is 1.20. The summed E-state index contributed by atoms with van der Waals surface area (Å²) in [5, 5.41) is 9.26. The van der Waals surface area contributed by atoms with E-state index >= 15 is 0 Å². The molecular weight excluding hydrogens is 188 g/mol. The summed E-state index contributed by atoms with van der Waals surface area (Å²) < 4.78 is 5.01. The number of esters is 1. The average molecular weight is 204 g/mol. The third-order valence-electron chi connectivity index (χ3n) is 2.18. The molecule has 1 aliphatic heterocycles. The first-order valence-electron chi connectivity index (χ1n) is 4.54. The molecule has 1 N–H and O–H groups in total. The van der Waals surface area contributed by atoms with Crippen molar-refractivity contribution in [2.75, 3.05) is 0 Å². The molecule has 0 bridgehead atoms. The monoisotopic (exact) mass is 204 g/mol. The molecule has 4 atom stereocenters. The number of carbonyl (C=O) groups excluding carboxylic acids is 1. The van der Waals surface area contributed by atoms with Gasteiger partial charge < -0.3 is 9.84 Å². The van der Waals surface area contributed by atoms with Gasteiger partial charge in [0, 0.05) is 11.7 Å². The Labute approximate surface area is 82.8 Å². The normalized spacial score (nSPS) is 32.8. The van der Waals surface area contributed by atoms with Gasteiger partial charge in [-0.3, -0.25) is 4.79 Å². The number of aliphatic hydroxyl groups is 1. The molecule has 76 valence electrons. The van der Waals surface area contributed by atoms with Crippen molar-refractivity contribution in [2.24, 2.45) is 0 Å². The minimum atomic E-state index is -0.381. The van der Waals surface area contributed by atoms with Crippen LogP contribution in [0.25, 0.3) is 0 Å². The number of aliphatic hydroxyl groups excluding tert-OH is 1. The van der Waals surface area contributed by atoms with Crippen LogP contribution in [0.15, 0.2) is 0 Å². The third kappa shape index (κ3) is 2.88. The van der Waals surface area contributed by atoms with E-state index in [-0.39, 0.29) is 28.7 Å². The molecule has 1 saturated heterocycles. The Bertz CT molecular complexity index is 193. The van der Waals surface area contributed by atoms with E-state index in [4.69, 9.17) is 4.74 Å². The summed E-state index contributed by atoms with van der Waals surface area (Å²) >= 11 is 1.50. The molecule has 0 spiro atoms. The highest BCUT2D eigenvalue weighted by atomic mass is 32.2. The molecule has 0 amide bonds. The Hall–Kier alpha value is -0.220. The van der Waals surface area contributed by atoms with Crippen molar-refractivity contribution in [3.63, 3.8) is 0 Å². The van der Waals surface area contributed by atoms with Gasteiger partial charge in [0.2, 0.25) is 0 Å². The van der Waals surface area contributed by atoms with E-state index in [1.807, 2.05) is 13.8 Å². The molecule has 1 aliphatic rings. The fraction of sp³-hybridized carbons (Fsp3) is 0.889. The highest BCUT2D eigenvalue weighted by Gasteiger charge is 2.34. The summed E-state index contributed by atoms with van der Waals surface area (Å²) in [5.41, 5.74) is 0. The molecule has 0 radical (unpaired) electrons. The highest BCUT2D eigenvalue weighted by Crippen LogP contribution is 2.30. The first kappa shape index (κ1) is 10.9. The van der Waals surface area contributed by atoms with E-state index in [2.05, 4.69) is 0 Å². The number of ether oxygens (including phenoxy) is 1. The highest BCUT2D eigenvalue weighted by molar-refractivity contribution is 8.01. The van der Waals surface area contributed by atoms with Crippen molar-refractivity contribution in [2.45, 2.75) is 49.9 Å². The van der Waals surface area contributed by atoms with Gasteiger partial charge in [-0.2, -0.15) is 0 Å². The summed E-state index contributed by atoms with van der Waals surface area (Å²) in [6.07, 6.45) is 0.417. The zero-order valence-corrected chi connectivity index (χ0v) is 9.00. The van der Waals surface area contributed by atoms with Gasteiger partial charge in [0.05, 0.1) is 6.10 Å². The molecule has 4 heteroatoms. The van der Waals surface area contributed by atoms with E-state index < -0.39 is 0 Å². The SMILES string of the molecule is C[C@@H]1C[C@@H](S[C@@H](C)[C@@H](C)O)C(=O)O1. The van der Waals surface area contributed by atoms with Gasteiger partial charge in [-0.1, -0.05) is 6.92 Å². The predicted octanol–water partition coefficient (Wildman–Crippen LogP) is 1.19. The van der Waals surface area contributed by atoms with Crippen LogP contribution in [-0.2, 0) is 9.53 Å². The summed E-state index contributed by atoms with van der Waals surface area (Å²) in [6.45, 7) is 5.55. The lowest BCUT2D eigenvalue weighted by Crippen LogP contribution is -2.21. The van der Waals surface area contributed by atoms with E-state index in [0.29, 0.717) is 0 Å². The first-order valence-corrected chi connectivity index (χ1v) is 5.49. The lowest BCUT2D eigenvalue weighted by molar-refractivity contribution is -0.140. The molecule has 0 aromatic rings. The Balaban J connectivity index is 2.41. The Kier molecular flexibility index (Phi) is 3.62. The molecule has 0 aliphatic carbocycles. The molecule has 1 fully saturated rings. The van der Waals surface area contributed by atoms with Crippen molar-refractivity contribution in [1.82, 2.24) is 0 Å². The molecule has 1 rings (SSSR count). The van der Waals surface area contributed by atoms with Crippen molar-refractivity contribution < 1.29 is 14.6 Å². The van der Waals surface area contributed by atoms with Crippen LogP contribution < -0.4 is 0 Å². The van der Waals surface area contributed by atoms with Crippen LogP contribution in [-0.4, -0.2) is 33.8 Å². The molecule has 0 saturated carbocycles. The lowest BCUT2D eigenvalue weighted by atomic mass is 10.2. The smallest absolute Gasteiger partial charge is 0.319 e. The average Bonchev–Trinajstić information content (AvgIpc) is 2.30. The van der Waals surface area contributed by atoms with Crippen LogP contribution in [0, 0.1) is 0 Å². The second-order valence-corrected chi connectivity index (χ2v) is 5.14. The van der Waals surface area contributed by atoms with Crippen LogP contribution in [0.2, 0.25) is 0 Å². The number of thioether (sulfide) groups is 1. The number of hydrogen-bond acceptors (Lipinski definition) is 4. The molecule has 0 aromatic carbocycles. The predicted molar refractivity (Wildman–Crippen MR) is 52.7 cm³/mol. The summed E-state index contributed by atoms with van der Waals surface area (Å²) in [6, 6.07) is 0. The van der Waals surface area contributed by atoms with Gasteiger partial charge in [0.1, 0.15) is 11.4 Å². The number of cyclic esters (lactones) is 1. The maximum Gasteiger partial charge on any atom is 0.319 e. The standard InChI is InChI=1S/C9H16O3S/c1-5-4-8(9(11)12-5)13-7(3)6(2)10/h5-8,10H,4H2,1-3H3/t5-,6-,7+,8-/m1/s1.